The summed E-state index contributed by atoms with van der Waals surface area (Å²) in [7, 11) is 1.29. The molecule has 1 aromatic heterocycles. The van der Waals surface area contributed by atoms with E-state index in [1.54, 1.807) is 6.07 Å². The van der Waals surface area contributed by atoms with Crippen LogP contribution < -0.4 is 5.32 Å². The highest BCUT2D eigenvalue weighted by Crippen LogP contribution is 2.19. The van der Waals surface area contributed by atoms with Crippen LogP contribution in [0.15, 0.2) is 24.4 Å². The molecule has 0 radical (unpaired) electrons. The van der Waals surface area contributed by atoms with Gasteiger partial charge in [-0.2, -0.15) is 0 Å². The fraction of sp³-hybridized carbons (Fsp3) is 0.333. The van der Waals surface area contributed by atoms with Crippen LogP contribution in [-0.2, 0) is 20.7 Å². The van der Waals surface area contributed by atoms with Gasteiger partial charge >= 0.3 is 5.97 Å². The van der Waals surface area contributed by atoms with Crippen molar-refractivity contribution in [1.82, 2.24) is 10.3 Å². The Hall–Kier alpha value is -2.37. The number of hydrogen-bond acceptors (Lipinski definition) is 3. The Bertz CT molecular complexity index is 651. The minimum absolute atomic E-state index is 0.0781. The molecule has 0 bridgehead atoms. The summed E-state index contributed by atoms with van der Waals surface area (Å²) < 4.78 is 17.5. The molecular weight excluding hydrogens is 275 g/mol. The molecule has 112 valence electrons. The number of fused-ring (bicyclic) bond motifs is 1. The van der Waals surface area contributed by atoms with Gasteiger partial charge in [0.25, 0.3) is 0 Å². The highest BCUT2D eigenvalue weighted by molar-refractivity contribution is 5.83. The molecule has 0 aliphatic rings. The van der Waals surface area contributed by atoms with Crippen molar-refractivity contribution < 1.29 is 18.7 Å². The normalized spacial score (nSPS) is 10.6. The maximum Gasteiger partial charge on any atom is 0.306 e. The molecule has 0 aliphatic carbocycles. The molecule has 0 saturated carbocycles. The van der Waals surface area contributed by atoms with Crippen molar-refractivity contribution in [3.63, 3.8) is 0 Å². The molecule has 1 aromatic carbocycles. The molecule has 0 spiro atoms. The summed E-state index contributed by atoms with van der Waals surface area (Å²) in [5, 5.41) is 3.69. The number of hydrogen-bond donors (Lipinski definition) is 2. The SMILES string of the molecule is COC(=O)CCC(=O)NCCc1c[nH]c2cc(F)ccc12. The molecule has 2 rings (SSSR count). The molecule has 1 heterocycles. The Kier molecular flexibility index (Phi) is 4.92. The van der Waals surface area contributed by atoms with Crippen LogP contribution in [-0.4, -0.2) is 30.5 Å². The third kappa shape index (κ3) is 4.05. The van der Waals surface area contributed by atoms with Crippen molar-refractivity contribution in [2.75, 3.05) is 13.7 Å². The van der Waals surface area contributed by atoms with Crippen LogP contribution >= 0.6 is 0 Å². The zero-order valence-corrected chi connectivity index (χ0v) is 11.7. The van der Waals surface area contributed by atoms with Crippen molar-refractivity contribution in [1.29, 1.82) is 0 Å². The standard InChI is InChI=1S/C15H17FN2O3/c1-21-15(20)5-4-14(19)17-7-6-10-9-18-13-8-11(16)2-3-12(10)13/h2-3,8-9,18H,4-7H2,1H3,(H,17,19). The van der Waals surface area contributed by atoms with E-state index in [-0.39, 0.29) is 24.6 Å². The summed E-state index contributed by atoms with van der Waals surface area (Å²) in [4.78, 5) is 25.4. The number of methoxy groups -OCH3 is 1. The van der Waals surface area contributed by atoms with Gasteiger partial charge in [-0.3, -0.25) is 9.59 Å². The molecule has 0 aliphatic heterocycles. The number of H-pyrrole nitrogens is 1. The number of aromatic nitrogens is 1. The molecule has 21 heavy (non-hydrogen) atoms. The van der Waals surface area contributed by atoms with E-state index in [0.717, 1.165) is 16.5 Å². The van der Waals surface area contributed by atoms with Crippen LogP contribution in [0.1, 0.15) is 18.4 Å². The molecule has 0 atom stereocenters. The van der Waals surface area contributed by atoms with Gasteiger partial charge in [0.2, 0.25) is 5.91 Å². The molecule has 2 N–H and O–H groups in total. The van der Waals surface area contributed by atoms with Gasteiger partial charge in [-0.15, -0.1) is 0 Å². The third-order valence-corrected chi connectivity index (χ3v) is 3.23. The Morgan fingerprint density at radius 3 is 2.90 bits per heavy atom. The van der Waals surface area contributed by atoms with Gasteiger partial charge in [0.05, 0.1) is 13.5 Å². The van der Waals surface area contributed by atoms with Gasteiger partial charge in [0.1, 0.15) is 5.82 Å². The Balaban J connectivity index is 1.82. The molecule has 1 amide bonds. The quantitative estimate of drug-likeness (QED) is 0.799. The lowest BCUT2D eigenvalue weighted by atomic mass is 10.1. The van der Waals surface area contributed by atoms with Crippen LogP contribution in [0.2, 0.25) is 0 Å². The molecule has 6 heteroatoms. The maximum atomic E-state index is 13.1. The number of nitrogens with one attached hydrogen (secondary N) is 2. The Labute approximate surface area is 121 Å². The highest BCUT2D eigenvalue weighted by atomic mass is 19.1. The second kappa shape index (κ2) is 6.88. The molecule has 2 aromatic rings. The molecule has 0 saturated heterocycles. The van der Waals surface area contributed by atoms with E-state index in [2.05, 4.69) is 15.0 Å². The van der Waals surface area contributed by atoms with E-state index >= 15 is 0 Å². The van der Waals surface area contributed by atoms with Crippen LogP contribution in [0.5, 0.6) is 0 Å². The number of amides is 1. The van der Waals surface area contributed by atoms with E-state index in [4.69, 9.17) is 0 Å². The van der Waals surface area contributed by atoms with Crippen LogP contribution in [0.3, 0.4) is 0 Å². The number of halogens is 1. The van der Waals surface area contributed by atoms with E-state index in [1.807, 2.05) is 6.20 Å². The fourth-order valence-electron chi connectivity index (χ4n) is 2.11. The monoisotopic (exact) mass is 292 g/mol. The van der Waals surface area contributed by atoms with Crippen molar-refractivity contribution in [3.05, 3.63) is 35.8 Å². The van der Waals surface area contributed by atoms with Crippen molar-refractivity contribution in [3.8, 4) is 0 Å². The fourth-order valence-corrected chi connectivity index (χ4v) is 2.11. The second-order valence-electron chi connectivity index (χ2n) is 4.68. The number of carbonyl (C=O) groups excluding carboxylic acids is 2. The average Bonchev–Trinajstić information content (AvgIpc) is 2.87. The number of ether oxygens (including phenoxy) is 1. The van der Waals surface area contributed by atoms with Crippen LogP contribution in [0.4, 0.5) is 4.39 Å². The first kappa shape index (κ1) is 15.0. The van der Waals surface area contributed by atoms with E-state index in [9.17, 15) is 14.0 Å². The van der Waals surface area contributed by atoms with Gasteiger partial charge < -0.3 is 15.0 Å². The topological polar surface area (TPSA) is 71.2 Å². The summed E-state index contributed by atoms with van der Waals surface area (Å²) in [6, 6.07) is 4.57. The first-order chi connectivity index (χ1) is 10.1. The molecular formula is C15H17FN2O3. The lowest BCUT2D eigenvalue weighted by Gasteiger charge is -2.04. The summed E-state index contributed by atoms with van der Waals surface area (Å²) in [6.45, 7) is 0.463. The Morgan fingerprint density at radius 1 is 1.33 bits per heavy atom. The lowest BCUT2D eigenvalue weighted by Crippen LogP contribution is -2.26. The number of benzene rings is 1. The largest absolute Gasteiger partial charge is 0.469 e. The van der Waals surface area contributed by atoms with Gasteiger partial charge in [0, 0.05) is 30.1 Å². The van der Waals surface area contributed by atoms with Gasteiger partial charge in [0.15, 0.2) is 0 Å². The van der Waals surface area contributed by atoms with Crippen molar-refractivity contribution in [2.45, 2.75) is 19.3 Å². The minimum Gasteiger partial charge on any atom is -0.469 e. The average molecular weight is 292 g/mol. The number of carbonyl (C=O) groups is 2. The molecule has 5 nitrogen and oxygen atoms in total. The first-order valence-corrected chi connectivity index (χ1v) is 6.69. The van der Waals surface area contributed by atoms with Gasteiger partial charge in [-0.25, -0.2) is 4.39 Å². The van der Waals surface area contributed by atoms with Crippen molar-refractivity contribution in [2.24, 2.45) is 0 Å². The second-order valence-corrected chi connectivity index (χ2v) is 4.68. The summed E-state index contributed by atoms with van der Waals surface area (Å²) in [6.07, 6.45) is 2.64. The Morgan fingerprint density at radius 2 is 2.14 bits per heavy atom. The van der Waals surface area contributed by atoms with Gasteiger partial charge in [-0.1, -0.05) is 0 Å². The van der Waals surface area contributed by atoms with Gasteiger partial charge in [-0.05, 0) is 30.2 Å². The van der Waals surface area contributed by atoms with Crippen molar-refractivity contribution >= 4 is 22.8 Å². The summed E-state index contributed by atoms with van der Waals surface area (Å²) >= 11 is 0. The predicted octanol–water partition coefficient (Wildman–Crippen LogP) is 1.92. The summed E-state index contributed by atoms with van der Waals surface area (Å²) in [5.41, 5.74) is 1.75. The highest BCUT2D eigenvalue weighted by Gasteiger charge is 2.08. The minimum atomic E-state index is -0.399. The van der Waals surface area contributed by atoms with Crippen LogP contribution in [0, 0.1) is 5.82 Å². The first-order valence-electron chi connectivity index (χ1n) is 6.69. The number of esters is 1. The number of aromatic amines is 1. The zero-order valence-electron chi connectivity index (χ0n) is 11.7. The molecule has 0 unspecified atom stereocenters. The van der Waals surface area contributed by atoms with E-state index < -0.39 is 5.97 Å². The molecule has 0 fully saturated rings. The maximum absolute atomic E-state index is 13.1. The van der Waals surface area contributed by atoms with Crippen LogP contribution in [0.25, 0.3) is 10.9 Å². The van der Waals surface area contributed by atoms with E-state index in [0.29, 0.717) is 13.0 Å². The smallest absolute Gasteiger partial charge is 0.306 e. The number of rotatable bonds is 6. The van der Waals surface area contributed by atoms with E-state index in [1.165, 1.54) is 19.2 Å². The third-order valence-electron chi connectivity index (χ3n) is 3.23. The summed E-state index contributed by atoms with van der Waals surface area (Å²) in [5.74, 6) is -0.873. The zero-order chi connectivity index (χ0) is 15.2. The predicted molar refractivity (Wildman–Crippen MR) is 76.2 cm³/mol. The lowest BCUT2D eigenvalue weighted by molar-refractivity contribution is -0.142.